The van der Waals surface area contributed by atoms with Gasteiger partial charge < -0.3 is 4.74 Å². The standard InChI is InChI=1S/C16H26N2O3S/c1-2-3-15-22(19,20)18-11-9-17(10-12-18)13-14-21-16-7-5-4-6-8-16/h4-8H,2-3,9-15H2,1H3. The molecule has 1 fully saturated rings. The highest BCUT2D eigenvalue weighted by Gasteiger charge is 2.26. The third-order valence-corrected chi connectivity index (χ3v) is 5.86. The molecule has 0 radical (unpaired) electrons. The van der Waals surface area contributed by atoms with Crippen LogP contribution in [0.4, 0.5) is 0 Å². The van der Waals surface area contributed by atoms with Crippen molar-refractivity contribution in [2.24, 2.45) is 0 Å². The molecule has 1 aromatic carbocycles. The predicted octanol–water partition coefficient (Wildman–Crippen LogP) is 1.81. The lowest BCUT2D eigenvalue weighted by Gasteiger charge is -2.33. The molecular formula is C16H26N2O3S. The molecule has 1 saturated heterocycles. The molecule has 5 nitrogen and oxygen atoms in total. The van der Waals surface area contributed by atoms with Gasteiger partial charge in [0.2, 0.25) is 10.0 Å². The van der Waals surface area contributed by atoms with Crippen molar-refractivity contribution in [1.82, 2.24) is 9.21 Å². The number of hydrogen-bond donors (Lipinski definition) is 0. The average Bonchev–Trinajstić information content (AvgIpc) is 2.54. The van der Waals surface area contributed by atoms with E-state index in [1.165, 1.54) is 0 Å². The number of benzene rings is 1. The van der Waals surface area contributed by atoms with Crippen molar-refractivity contribution in [3.05, 3.63) is 30.3 Å². The maximum Gasteiger partial charge on any atom is 0.214 e. The maximum absolute atomic E-state index is 12.1. The Morgan fingerprint density at radius 3 is 2.41 bits per heavy atom. The van der Waals surface area contributed by atoms with Crippen LogP contribution in [0.5, 0.6) is 5.75 Å². The largest absolute Gasteiger partial charge is 0.492 e. The highest BCUT2D eigenvalue weighted by molar-refractivity contribution is 7.89. The van der Waals surface area contributed by atoms with Gasteiger partial charge in [0.05, 0.1) is 5.75 Å². The van der Waals surface area contributed by atoms with E-state index in [1.807, 2.05) is 37.3 Å². The minimum absolute atomic E-state index is 0.278. The molecule has 1 aromatic rings. The van der Waals surface area contributed by atoms with Crippen LogP contribution in [0.3, 0.4) is 0 Å². The summed E-state index contributed by atoms with van der Waals surface area (Å²) in [5, 5.41) is 0. The Morgan fingerprint density at radius 2 is 1.77 bits per heavy atom. The van der Waals surface area contributed by atoms with Crippen LogP contribution in [-0.4, -0.2) is 62.7 Å². The lowest BCUT2D eigenvalue weighted by molar-refractivity contribution is 0.159. The molecular weight excluding hydrogens is 300 g/mol. The molecule has 22 heavy (non-hydrogen) atoms. The first-order valence-electron chi connectivity index (χ1n) is 8.00. The zero-order valence-corrected chi connectivity index (χ0v) is 14.1. The van der Waals surface area contributed by atoms with Gasteiger partial charge in [-0.25, -0.2) is 8.42 Å². The van der Waals surface area contributed by atoms with Gasteiger partial charge in [-0.05, 0) is 18.6 Å². The molecule has 0 atom stereocenters. The number of ether oxygens (including phenoxy) is 1. The molecule has 0 aliphatic carbocycles. The minimum Gasteiger partial charge on any atom is -0.492 e. The summed E-state index contributed by atoms with van der Waals surface area (Å²) < 4.78 is 31.6. The number of sulfonamides is 1. The molecule has 0 amide bonds. The van der Waals surface area contributed by atoms with Crippen LogP contribution in [0.2, 0.25) is 0 Å². The van der Waals surface area contributed by atoms with E-state index in [1.54, 1.807) is 4.31 Å². The third kappa shape index (κ3) is 5.26. The normalized spacial score (nSPS) is 17.5. The maximum atomic E-state index is 12.1. The summed E-state index contributed by atoms with van der Waals surface area (Å²) in [5.74, 6) is 1.16. The monoisotopic (exact) mass is 326 g/mol. The van der Waals surface area contributed by atoms with Crippen LogP contribution in [-0.2, 0) is 10.0 Å². The molecule has 0 N–H and O–H groups in total. The van der Waals surface area contributed by atoms with E-state index in [0.717, 1.165) is 38.2 Å². The highest BCUT2D eigenvalue weighted by atomic mass is 32.2. The summed E-state index contributed by atoms with van der Waals surface area (Å²) in [6, 6.07) is 9.76. The fourth-order valence-corrected chi connectivity index (χ4v) is 4.13. The Kier molecular flexibility index (Phi) is 6.67. The van der Waals surface area contributed by atoms with E-state index in [2.05, 4.69) is 4.90 Å². The molecule has 1 aliphatic rings. The Hall–Kier alpha value is -1.11. The topological polar surface area (TPSA) is 49.9 Å². The molecule has 1 aliphatic heterocycles. The Balaban J connectivity index is 1.69. The molecule has 124 valence electrons. The van der Waals surface area contributed by atoms with Gasteiger partial charge in [-0.15, -0.1) is 0 Å². The van der Waals surface area contributed by atoms with Crippen LogP contribution >= 0.6 is 0 Å². The second-order valence-electron chi connectivity index (χ2n) is 5.57. The number of para-hydroxylation sites is 1. The quantitative estimate of drug-likeness (QED) is 0.731. The number of hydrogen-bond acceptors (Lipinski definition) is 4. The zero-order valence-electron chi connectivity index (χ0n) is 13.3. The lowest BCUT2D eigenvalue weighted by Crippen LogP contribution is -2.50. The second-order valence-corrected chi connectivity index (χ2v) is 7.66. The van der Waals surface area contributed by atoms with Crippen molar-refractivity contribution in [3.8, 4) is 5.75 Å². The van der Waals surface area contributed by atoms with Gasteiger partial charge in [0, 0.05) is 32.7 Å². The number of unbranched alkanes of at least 4 members (excludes halogenated alkanes) is 1. The summed E-state index contributed by atoms with van der Waals surface area (Å²) in [4.78, 5) is 2.26. The Labute approximate surface area is 133 Å². The van der Waals surface area contributed by atoms with Gasteiger partial charge in [-0.3, -0.25) is 4.90 Å². The fraction of sp³-hybridized carbons (Fsp3) is 0.625. The molecule has 2 rings (SSSR count). The Bertz CT molecular complexity index is 526. The van der Waals surface area contributed by atoms with Crippen LogP contribution in [0.15, 0.2) is 30.3 Å². The van der Waals surface area contributed by atoms with E-state index >= 15 is 0 Å². The Morgan fingerprint density at radius 1 is 1.09 bits per heavy atom. The summed E-state index contributed by atoms with van der Waals surface area (Å²) in [5.41, 5.74) is 0. The number of nitrogens with zero attached hydrogens (tertiary/aromatic N) is 2. The van der Waals surface area contributed by atoms with Crippen LogP contribution < -0.4 is 4.74 Å². The molecule has 0 saturated carbocycles. The second kappa shape index (κ2) is 8.50. The summed E-state index contributed by atoms with van der Waals surface area (Å²) >= 11 is 0. The number of piperazine rings is 1. The average molecular weight is 326 g/mol. The molecule has 0 bridgehead atoms. The van der Waals surface area contributed by atoms with Gasteiger partial charge in [0.1, 0.15) is 12.4 Å². The van der Waals surface area contributed by atoms with E-state index in [0.29, 0.717) is 19.7 Å². The van der Waals surface area contributed by atoms with E-state index in [4.69, 9.17) is 4.74 Å². The van der Waals surface area contributed by atoms with Crippen LogP contribution in [0.1, 0.15) is 19.8 Å². The molecule has 0 spiro atoms. The van der Waals surface area contributed by atoms with Crippen molar-refractivity contribution in [3.63, 3.8) is 0 Å². The first kappa shape index (κ1) is 17.2. The van der Waals surface area contributed by atoms with Crippen molar-refractivity contribution < 1.29 is 13.2 Å². The summed E-state index contributed by atoms with van der Waals surface area (Å²) in [6.07, 6.45) is 1.66. The SMILES string of the molecule is CCCCS(=O)(=O)N1CCN(CCOc2ccccc2)CC1. The smallest absolute Gasteiger partial charge is 0.214 e. The molecule has 6 heteroatoms. The molecule has 1 heterocycles. The van der Waals surface area contributed by atoms with Gasteiger partial charge in [-0.1, -0.05) is 31.5 Å². The lowest BCUT2D eigenvalue weighted by atomic mass is 10.3. The van der Waals surface area contributed by atoms with Crippen molar-refractivity contribution in [1.29, 1.82) is 0 Å². The third-order valence-electron chi connectivity index (χ3n) is 3.90. The van der Waals surface area contributed by atoms with Gasteiger partial charge >= 0.3 is 0 Å². The molecule has 0 unspecified atom stereocenters. The predicted molar refractivity (Wildman–Crippen MR) is 88.6 cm³/mol. The van der Waals surface area contributed by atoms with Crippen molar-refractivity contribution >= 4 is 10.0 Å². The first-order valence-corrected chi connectivity index (χ1v) is 9.61. The molecule has 0 aromatic heterocycles. The minimum atomic E-state index is -3.06. The van der Waals surface area contributed by atoms with E-state index in [9.17, 15) is 8.42 Å². The van der Waals surface area contributed by atoms with Gasteiger partial charge in [-0.2, -0.15) is 4.31 Å². The van der Waals surface area contributed by atoms with Gasteiger partial charge in [0.25, 0.3) is 0 Å². The summed E-state index contributed by atoms with van der Waals surface area (Å²) in [7, 11) is -3.06. The van der Waals surface area contributed by atoms with Gasteiger partial charge in [0.15, 0.2) is 0 Å². The summed E-state index contributed by atoms with van der Waals surface area (Å²) in [6.45, 7) is 6.23. The zero-order chi connectivity index (χ0) is 15.8. The fourth-order valence-electron chi connectivity index (χ4n) is 2.50. The number of rotatable bonds is 8. The highest BCUT2D eigenvalue weighted by Crippen LogP contribution is 2.11. The van der Waals surface area contributed by atoms with Crippen LogP contribution in [0, 0.1) is 0 Å². The van der Waals surface area contributed by atoms with Crippen molar-refractivity contribution in [2.45, 2.75) is 19.8 Å². The van der Waals surface area contributed by atoms with Crippen molar-refractivity contribution in [2.75, 3.05) is 45.1 Å². The van der Waals surface area contributed by atoms with Crippen LogP contribution in [0.25, 0.3) is 0 Å². The van der Waals surface area contributed by atoms with E-state index in [-0.39, 0.29) is 5.75 Å². The first-order chi connectivity index (χ1) is 10.6. The van der Waals surface area contributed by atoms with E-state index < -0.39 is 10.0 Å².